The lowest BCUT2D eigenvalue weighted by Gasteiger charge is -2.15. The molecule has 0 aliphatic rings. The molecule has 0 spiro atoms. The third kappa shape index (κ3) is 3.64. The summed E-state index contributed by atoms with van der Waals surface area (Å²) in [6, 6.07) is 11.8. The molecular formula is C19H20N4OS. The largest absolute Gasteiger partial charge is 0.294 e. The fraction of sp³-hybridized carbons (Fsp3) is 0.263. The number of nitrogens with zero attached hydrogens (tertiary/aromatic N) is 4. The van der Waals surface area contributed by atoms with Gasteiger partial charge in [-0.2, -0.15) is 0 Å². The van der Waals surface area contributed by atoms with Gasteiger partial charge in [0, 0.05) is 11.3 Å². The highest BCUT2D eigenvalue weighted by Gasteiger charge is 2.15. The first-order chi connectivity index (χ1) is 12.0. The van der Waals surface area contributed by atoms with E-state index in [0.29, 0.717) is 10.9 Å². The number of benzene rings is 2. The first-order valence-corrected chi connectivity index (χ1v) is 9.04. The Labute approximate surface area is 151 Å². The molecule has 1 heterocycles. The van der Waals surface area contributed by atoms with Crippen LogP contribution in [0.3, 0.4) is 0 Å². The van der Waals surface area contributed by atoms with Gasteiger partial charge in [-0.05, 0) is 67.3 Å². The van der Waals surface area contributed by atoms with Crippen molar-refractivity contribution in [2.45, 2.75) is 38.6 Å². The molecule has 0 N–H and O–H groups in total. The Morgan fingerprint density at radius 2 is 1.84 bits per heavy atom. The van der Waals surface area contributed by atoms with Crippen LogP contribution in [0.1, 0.15) is 39.5 Å². The van der Waals surface area contributed by atoms with Crippen LogP contribution in [-0.2, 0) is 5.75 Å². The number of aryl methyl sites for hydroxylation is 2. The quantitative estimate of drug-likeness (QED) is 0.511. The molecule has 0 atom stereocenters. The van der Waals surface area contributed by atoms with Crippen LogP contribution in [-0.4, -0.2) is 26.0 Å². The van der Waals surface area contributed by atoms with Crippen molar-refractivity contribution in [3.63, 3.8) is 0 Å². The minimum Gasteiger partial charge on any atom is -0.294 e. The monoisotopic (exact) mass is 352 g/mol. The summed E-state index contributed by atoms with van der Waals surface area (Å²) in [5, 5.41) is 13.3. The first kappa shape index (κ1) is 17.4. The molecule has 0 fully saturated rings. The predicted molar refractivity (Wildman–Crippen MR) is 99.4 cm³/mol. The van der Waals surface area contributed by atoms with Crippen molar-refractivity contribution in [3.8, 4) is 5.69 Å². The number of carbonyl (C=O) groups is 1. The molecule has 0 amide bonds. The van der Waals surface area contributed by atoms with E-state index in [1.54, 1.807) is 6.92 Å². The summed E-state index contributed by atoms with van der Waals surface area (Å²) in [4.78, 5) is 13.5. The average molecular weight is 352 g/mol. The number of aromatic nitrogens is 4. The molecule has 0 aliphatic carbocycles. The van der Waals surface area contributed by atoms with Gasteiger partial charge in [0.15, 0.2) is 5.78 Å². The Bertz CT molecular complexity index is 919. The molecule has 0 aliphatic heterocycles. The molecule has 5 nitrogen and oxygen atoms in total. The number of hydrogen-bond acceptors (Lipinski definition) is 5. The second-order valence-electron chi connectivity index (χ2n) is 6.03. The van der Waals surface area contributed by atoms with E-state index in [-0.39, 0.29) is 5.78 Å². The Morgan fingerprint density at radius 3 is 2.52 bits per heavy atom. The van der Waals surface area contributed by atoms with Crippen molar-refractivity contribution in [1.29, 1.82) is 0 Å². The van der Waals surface area contributed by atoms with Crippen molar-refractivity contribution in [3.05, 3.63) is 64.2 Å². The lowest BCUT2D eigenvalue weighted by molar-refractivity contribution is 0.101. The Kier molecular flexibility index (Phi) is 4.99. The second-order valence-corrected chi connectivity index (χ2v) is 6.97. The highest BCUT2D eigenvalue weighted by atomic mass is 32.2. The minimum absolute atomic E-state index is 0.106. The molecule has 25 heavy (non-hydrogen) atoms. The van der Waals surface area contributed by atoms with Gasteiger partial charge in [-0.3, -0.25) is 4.79 Å². The van der Waals surface area contributed by atoms with Gasteiger partial charge in [-0.25, -0.2) is 0 Å². The van der Waals surface area contributed by atoms with Crippen LogP contribution in [0.5, 0.6) is 0 Å². The maximum absolute atomic E-state index is 11.9. The molecule has 2 aromatic carbocycles. The third-order valence-electron chi connectivity index (χ3n) is 4.21. The summed E-state index contributed by atoms with van der Waals surface area (Å²) in [6.07, 6.45) is 0. The topological polar surface area (TPSA) is 60.7 Å². The molecule has 0 bridgehead atoms. The van der Waals surface area contributed by atoms with Gasteiger partial charge >= 0.3 is 0 Å². The van der Waals surface area contributed by atoms with E-state index in [4.69, 9.17) is 0 Å². The molecular weight excluding hydrogens is 332 g/mol. The molecule has 0 unspecified atom stereocenters. The summed E-state index contributed by atoms with van der Waals surface area (Å²) >= 11 is 1.53. The van der Waals surface area contributed by atoms with E-state index in [1.165, 1.54) is 22.1 Å². The van der Waals surface area contributed by atoms with Crippen molar-refractivity contribution in [2.75, 3.05) is 0 Å². The van der Waals surface area contributed by atoms with Crippen molar-refractivity contribution in [1.82, 2.24) is 20.2 Å². The number of tetrazole rings is 1. The van der Waals surface area contributed by atoms with Crippen LogP contribution in [0.2, 0.25) is 0 Å². The highest BCUT2D eigenvalue weighted by Crippen LogP contribution is 2.28. The van der Waals surface area contributed by atoms with Gasteiger partial charge in [0.25, 0.3) is 0 Å². The van der Waals surface area contributed by atoms with E-state index < -0.39 is 0 Å². The summed E-state index contributed by atoms with van der Waals surface area (Å²) < 4.78 is 0. The van der Waals surface area contributed by atoms with E-state index in [9.17, 15) is 4.79 Å². The van der Waals surface area contributed by atoms with Crippen LogP contribution in [0.4, 0.5) is 0 Å². The van der Waals surface area contributed by atoms with E-state index >= 15 is 0 Å². The van der Waals surface area contributed by atoms with Crippen LogP contribution < -0.4 is 0 Å². The minimum atomic E-state index is 0.106. The van der Waals surface area contributed by atoms with Crippen LogP contribution >= 0.6 is 11.8 Å². The second kappa shape index (κ2) is 7.19. The zero-order valence-corrected chi connectivity index (χ0v) is 15.6. The number of hydrogen-bond donors (Lipinski definition) is 0. The molecule has 0 saturated carbocycles. The fourth-order valence-electron chi connectivity index (χ4n) is 3.06. The van der Waals surface area contributed by atoms with Crippen LogP contribution in [0, 0.1) is 20.8 Å². The molecule has 0 radical (unpaired) electrons. The molecule has 6 heteroatoms. The number of ketones is 1. The zero-order valence-electron chi connectivity index (χ0n) is 14.8. The van der Waals surface area contributed by atoms with Gasteiger partial charge < -0.3 is 0 Å². The molecule has 128 valence electrons. The molecule has 3 rings (SSSR count). The third-order valence-corrected chi connectivity index (χ3v) is 5.07. The highest BCUT2D eigenvalue weighted by molar-refractivity contribution is 7.98. The zero-order chi connectivity index (χ0) is 18.0. The number of carbonyl (C=O) groups excluding carboxylic acids is 1. The van der Waals surface area contributed by atoms with Gasteiger partial charge in [0.05, 0.1) is 5.69 Å². The van der Waals surface area contributed by atoms with E-state index in [2.05, 4.69) is 28.4 Å². The number of Topliss-reactive ketones (excluding diaryl/α,β-unsaturated/α-hetero) is 1. The van der Waals surface area contributed by atoms with Crippen molar-refractivity contribution >= 4 is 17.5 Å². The maximum atomic E-state index is 11.9. The smallest absolute Gasteiger partial charge is 0.231 e. The Morgan fingerprint density at radius 1 is 1.12 bits per heavy atom. The summed E-state index contributed by atoms with van der Waals surface area (Å²) in [5.41, 5.74) is 6.13. The lowest BCUT2D eigenvalue weighted by Crippen LogP contribution is -2.05. The lowest BCUT2D eigenvalue weighted by atomic mass is 9.92. The fourth-order valence-corrected chi connectivity index (χ4v) is 4.00. The maximum Gasteiger partial charge on any atom is 0.231 e. The standard InChI is InChI=1S/C19H20N4OS/c1-12-10-13(2)18(15(4)24)14(3)17(12)11-25-19-20-22-23(21-19)16-8-6-5-7-9-16/h5-10H,11H2,1-4H3. The molecule has 0 saturated heterocycles. The summed E-state index contributed by atoms with van der Waals surface area (Å²) in [5.74, 6) is 0.813. The molecule has 3 aromatic rings. The van der Waals surface area contributed by atoms with Crippen molar-refractivity contribution < 1.29 is 4.79 Å². The normalized spacial score (nSPS) is 10.9. The van der Waals surface area contributed by atoms with Gasteiger partial charge in [0.2, 0.25) is 5.16 Å². The number of rotatable bonds is 5. The van der Waals surface area contributed by atoms with Crippen LogP contribution in [0.15, 0.2) is 41.6 Å². The summed E-state index contributed by atoms with van der Waals surface area (Å²) in [7, 11) is 0. The first-order valence-electron chi connectivity index (χ1n) is 8.06. The van der Waals surface area contributed by atoms with Crippen LogP contribution in [0.25, 0.3) is 5.69 Å². The number of thioether (sulfide) groups is 1. The van der Waals surface area contributed by atoms with Gasteiger partial charge in [-0.1, -0.05) is 36.0 Å². The Hall–Kier alpha value is -2.47. The van der Waals surface area contributed by atoms with E-state index in [1.807, 2.05) is 44.2 Å². The average Bonchev–Trinajstić information content (AvgIpc) is 3.03. The predicted octanol–water partition coefficient (Wildman–Crippen LogP) is 4.08. The van der Waals surface area contributed by atoms with Crippen molar-refractivity contribution in [2.24, 2.45) is 0 Å². The van der Waals surface area contributed by atoms with Gasteiger partial charge in [-0.15, -0.1) is 15.0 Å². The number of para-hydroxylation sites is 1. The summed E-state index contributed by atoms with van der Waals surface area (Å²) in [6.45, 7) is 7.70. The Balaban J connectivity index is 1.82. The van der Waals surface area contributed by atoms with E-state index in [0.717, 1.165) is 27.9 Å². The molecule has 1 aromatic heterocycles. The SMILES string of the molecule is CC(=O)c1c(C)cc(C)c(CSc2nnn(-c3ccccc3)n2)c1C. The van der Waals surface area contributed by atoms with Gasteiger partial charge in [0.1, 0.15) is 0 Å².